The largest absolute Gasteiger partial charge is 0.317 e. The lowest BCUT2D eigenvalue weighted by atomic mass is 9.96. The fraction of sp³-hybridized carbons (Fsp3) is 0. The van der Waals surface area contributed by atoms with E-state index in [1.54, 1.807) is 0 Å². The number of fused-ring (bicyclic) bond motifs is 1. The van der Waals surface area contributed by atoms with Crippen LogP contribution in [0.25, 0.3) is 66.2 Å². The number of hydrogen-bond acceptors (Lipinski definition) is 2. The van der Waals surface area contributed by atoms with Crippen LogP contribution < -0.4 is 9.80 Å². The van der Waals surface area contributed by atoms with Crippen molar-refractivity contribution in [1.29, 1.82) is 0 Å². The maximum absolute atomic E-state index is 2.45. The minimum absolute atomic E-state index is 1.11. The fourth-order valence-electron chi connectivity index (χ4n) is 8.71. The Labute approximate surface area is 343 Å². The second-order valence-corrected chi connectivity index (χ2v) is 15.1. The average molecular weight is 754 g/mol. The van der Waals surface area contributed by atoms with E-state index in [2.05, 4.69) is 251 Å². The Balaban J connectivity index is 1.03. The number of anilines is 5. The molecule has 0 N–H and O–H groups in total. The van der Waals surface area contributed by atoms with E-state index >= 15 is 0 Å². The van der Waals surface area contributed by atoms with Gasteiger partial charge in [-0.1, -0.05) is 127 Å². The molecule has 59 heavy (non-hydrogen) atoms. The van der Waals surface area contributed by atoms with Gasteiger partial charge in [-0.05, 0) is 141 Å². The van der Waals surface area contributed by atoms with E-state index in [0.717, 1.165) is 39.7 Å². The molecule has 0 aliphatic rings. The minimum atomic E-state index is 1.11. The van der Waals surface area contributed by atoms with Gasteiger partial charge >= 0.3 is 0 Å². The SMILES string of the molecule is C(=CN(c1ccccc1)c1ccc2ccccc2c1)c1cc2ccc3cc(-c4ccc(N(c5ccccc5)c5ccccc5)cc4)cc4c3c2c(c1)n4-c1ccccc1. The molecule has 3 heteroatoms. The van der Waals surface area contributed by atoms with Crippen LogP contribution in [0.5, 0.6) is 0 Å². The Hall–Kier alpha value is -7.88. The van der Waals surface area contributed by atoms with Crippen LogP contribution in [0.2, 0.25) is 0 Å². The number of benzene rings is 10. The normalized spacial score (nSPS) is 11.7. The molecule has 11 aromatic rings. The molecule has 10 aromatic carbocycles. The van der Waals surface area contributed by atoms with Crippen molar-refractivity contribution in [2.24, 2.45) is 0 Å². The number of hydrogen-bond donors (Lipinski definition) is 0. The molecule has 3 nitrogen and oxygen atoms in total. The molecular formula is C56H39N3. The third-order valence-electron chi connectivity index (χ3n) is 11.5. The molecule has 1 heterocycles. The predicted octanol–water partition coefficient (Wildman–Crippen LogP) is 15.5. The fourth-order valence-corrected chi connectivity index (χ4v) is 8.71. The van der Waals surface area contributed by atoms with Crippen molar-refractivity contribution in [1.82, 2.24) is 4.57 Å². The first kappa shape index (κ1) is 34.4. The molecule has 0 bridgehead atoms. The van der Waals surface area contributed by atoms with Crippen LogP contribution in [0, 0.1) is 0 Å². The summed E-state index contributed by atoms with van der Waals surface area (Å²) in [5, 5.41) is 7.49. The van der Waals surface area contributed by atoms with Gasteiger partial charge in [0.1, 0.15) is 0 Å². The highest BCUT2D eigenvalue weighted by atomic mass is 15.1. The second-order valence-electron chi connectivity index (χ2n) is 15.1. The first-order chi connectivity index (χ1) is 29.2. The molecule has 0 amide bonds. The van der Waals surface area contributed by atoms with Crippen LogP contribution in [0.15, 0.2) is 231 Å². The molecule has 11 rings (SSSR count). The van der Waals surface area contributed by atoms with Gasteiger partial charge in [0, 0.05) is 51.1 Å². The van der Waals surface area contributed by atoms with Gasteiger partial charge in [-0.3, -0.25) is 0 Å². The third kappa shape index (κ3) is 6.26. The van der Waals surface area contributed by atoms with Crippen LogP contribution >= 0.6 is 0 Å². The maximum atomic E-state index is 2.45. The van der Waals surface area contributed by atoms with Gasteiger partial charge < -0.3 is 14.4 Å². The van der Waals surface area contributed by atoms with Gasteiger partial charge in [0.25, 0.3) is 0 Å². The van der Waals surface area contributed by atoms with Crippen molar-refractivity contribution in [3.8, 4) is 16.8 Å². The summed E-state index contributed by atoms with van der Waals surface area (Å²) >= 11 is 0. The second kappa shape index (κ2) is 14.6. The molecule has 0 radical (unpaired) electrons. The first-order valence-corrected chi connectivity index (χ1v) is 20.2. The minimum Gasteiger partial charge on any atom is -0.317 e. The smallest absolute Gasteiger partial charge is 0.0553 e. The maximum Gasteiger partial charge on any atom is 0.0553 e. The lowest BCUT2D eigenvalue weighted by Crippen LogP contribution is -2.09. The highest BCUT2D eigenvalue weighted by molar-refractivity contribution is 6.25. The van der Waals surface area contributed by atoms with Crippen LogP contribution in [0.1, 0.15) is 5.56 Å². The van der Waals surface area contributed by atoms with E-state index in [1.165, 1.54) is 54.5 Å². The van der Waals surface area contributed by atoms with E-state index < -0.39 is 0 Å². The summed E-state index contributed by atoms with van der Waals surface area (Å²) < 4.78 is 2.45. The Morgan fingerprint density at radius 1 is 0.339 bits per heavy atom. The van der Waals surface area contributed by atoms with E-state index in [0.29, 0.717) is 0 Å². The summed E-state index contributed by atoms with van der Waals surface area (Å²) in [6.45, 7) is 0. The lowest BCUT2D eigenvalue weighted by molar-refractivity contribution is 1.18. The Morgan fingerprint density at radius 3 is 1.51 bits per heavy atom. The molecule has 0 aliphatic carbocycles. The van der Waals surface area contributed by atoms with Crippen LogP contribution in [-0.2, 0) is 0 Å². The highest BCUT2D eigenvalue weighted by Crippen LogP contribution is 2.43. The monoisotopic (exact) mass is 753 g/mol. The van der Waals surface area contributed by atoms with Gasteiger partial charge in [-0.25, -0.2) is 0 Å². The van der Waals surface area contributed by atoms with E-state index in [-0.39, 0.29) is 0 Å². The van der Waals surface area contributed by atoms with E-state index in [9.17, 15) is 0 Å². The number of aromatic nitrogens is 1. The van der Waals surface area contributed by atoms with Crippen molar-refractivity contribution in [2.45, 2.75) is 0 Å². The molecule has 0 atom stereocenters. The predicted molar refractivity (Wildman–Crippen MR) is 251 cm³/mol. The zero-order valence-electron chi connectivity index (χ0n) is 32.4. The quantitative estimate of drug-likeness (QED) is 0.136. The molecule has 1 aromatic heterocycles. The van der Waals surface area contributed by atoms with Crippen molar-refractivity contribution in [3.05, 3.63) is 236 Å². The average Bonchev–Trinajstić information content (AvgIpc) is 3.64. The Bertz CT molecular complexity index is 3200. The standard InChI is InChI=1S/C56H39N3/c1-5-17-47(18-6-1)57(52-32-29-41-15-13-14-16-43(41)38-52)34-33-40-35-44-25-26-45-37-46(39-54-56(45)55(44)53(36-40)59(54)50-23-11-4-12-24-50)42-27-30-51(31-28-42)58(48-19-7-2-8-20-48)49-21-9-3-10-22-49/h1-39H. The molecule has 0 aliphatic heterocycles. The number of nitrogens with zero attached hydrogens (tertiary/aromatic N) is 3. The number of para-hydroxylation sites is 4. The van der Waals surface area contributed by atoms with E-state index in [1.807, 2.05) is 0 Å². The summed E-state index contributed by atoms with van der Waals surface area (Å²) in [5.41, 5.74) is 12.6. The van der Waals surface area contributed by atoms with Gasteiger partial charge in [-0.15, -0.1) is 0 Å². The molecule has 0 fully saturated rings. The van der Waals surface area contributed by atoms with Crippen molar-refractivity contribution in [3.63, 3.8) is 0 Å². The third-order valence-corrected chi connectivity index (χ3v) is 11.5. The zero-order valence-corrected chi connectivity index (χ0v) is 32.4. The van der Waals surface area contributed by atoms with Crippen molar-refractivity contribution in [2.75, 3.05) is 9.80 Å². The zero-order chi connectivity index (χ0) is 39.1. The topological polar surface area (TPSA) is 11.4 Å². The molecule has 0 unspecified atom stereocenters. The van der Waals surface area contributed by atoms with Gasteiger partial charge in [0.05, 0.1) is 11.0 Å². The van der Waals surface area contributed by atoms with Crippen LogP contribution in [0.4, 0.5) is 28.4 Å². The molecule has 0 saturated carbocycles. The summed E-state index contributed by atoms with van der Waals surface area (Å²) in [4.78, 5) is 4.58. The Morgan fingerprint density at radius 2 is 0.847 bits per heavy atom. The van der Waals surface area contributed by atoms with Crippen molar-refractivity contribution >= 4 is 77.9 Å². The van der Waals surface area contributed by atoms with Gasteiger partial charge in [0.2, 0.25) is 0 Å². The molecule has 0 saturated heterocycles. The summed E-state index contributed by atoms with van der Waals surface area (Å²) in [6, 6.07) is 80.7. The van der Waals surface area contributed by atoms with Crippen molar-refractivity contribution < 1.29 is 0 Å². The molecule has 278 valence electrons. The first-order valence-electron chi connectivity index (χ1n) is 20.2. The van der Waals surface area contributed by atoms with Crippen LogP contribution in [-0.4, -0.2) is 4.57 Å². The number of rotatable bonds is 9. The summed E-state index contributed by atoms with van der Waals surface area (Å²) in [7, 11) is 0. The Kier molecular flexibility index (Phi) is 8.49. The van der Waals surface area contributed by atoms with E-state index in [4.69, 9.17) is 0 Å². The molecular weight excluding hydrogens is 715 g/mol. The summed E-state index contributed by atoms with van der Waals surface area (Å²) in [5.74, 6) is 0. The summed E-state index contributed by atoms with van der Waals surface area (Å²) in [6.07, 6.45) is 4.45. The molecule has 0 spiro atoms. The van der Waals surface area contributed by atoms with Gasteiger partial charge in [-0.2, -0.15) is 0 Å². The van der Waals surface area contributed by atoms with Crippen LogP contribution in [0.3, 0.4) is 0 Å². The highest BCUT2D eigenvalue weighted by Gasteiger charge is 2.20. The lowest BCUT2D eigenvalue weighted by Gasteiger charge is -2.25. The van der Waals surface area contributed by atoms with Gasteiger partial charge in [0.15, 0.2) is 0 Å².